The van der Waals surface area contributed by atoms with Crippen LogP contribution in [0.2, 0.25) is 0 Å². The van der Waals surface area contributed by atoms with E-state index in [2.05, 4.69) is 10.6 Å². The van der Waals surface area contributed by atoms with Gasteiger partial charge in [0.15, 0.2) is 5.43 Å². The van der Waals surface area contributed by atoms with Crippen molar-refractivity contribution in [2.24, 2.45) is 0 Å². The molecule has 3 aromatic rings. The van der Waals surface area contributed by atoms with Gasteiger partial charge < -0.3 is 20.9 Å². The zero-order chi connectivity index (χ0) is 28.3. The lowest BCUT2D eigenvalue weighted by atomic mass is 10.0. The number of nitrogen functional groups attached to an aromatic ring is 1. The zero-order valence-corrected chi connectivity index (χ0v) is 23.6. The number of anilines is 1. The van der Waals surface area contributed by atoms with Gasteiger partial charge in [0.05, 0.1) is 30.5 Å². The van der Waals surface area contributed by atoms with E-state index < -0.39 is 5.92 Å². The topological polar surface area (TPSA) is 122 Å². The lowest BCUT2D eigenvalue weighted by molar-refractivity contribution is -0.121. The summed E-state index contributed by atoms with van der Waals surface area (Å²) < 4.78 is 29.2. The Morgan fingerprint density at radius 2 is 1.77 bits per heavy atom. The molecular weight excluding hydrogens is 542 g/mol. The Hall–Kier alpha value is -3.57. The second-order valence-electron chi connectivity index (χ2n) is 9.81. The molecule has 4 N–H and O–H groups in total. The van der Waals surface area contributed by atoms with Crippen molar-refractivity contribution in [3.63, 3.8) is 0 Å². The highest BCUT2D eigenvalue weighted by atomic mass is 35.5. The number of benzene rings is 1. The number of nitrogens with one attached hydrogen (secondary N) is 2. The summed E-state index contributed by atoms with van der Waals surface area (Å²) in [5, 5.41) is 5.68. The van der Waals surface area contributed by atoms with E-state index in [4.69, 9.17) is 10.7 Å². The van der Waals surface area contributed by atoms with Crippen LogP contribution in [-0.4, -0.2) is 64.9 Å². The van der Waals surface area contributed by atoms with Gasteiger partial charge in [-0.15, -0.1) is 12.4 Å². The fraction of sp³-hybridized carbons (Fsp3) is 0.429. The third-order valence-corrected chi connectivity index (χ3v) is 7.22. The number of fused-ring (bicyclic) bond motifs is 1. The molecule has 1 saturated heterocycles. The van der Waals surface area contributed by atoms with Crippen LogP contribution >= 0.6 is 12.4 Å². The maximum atomic E-state index is 13.7. The van der Waals surface area contributed by atoms with Gasteiger partial charge in [-0.25, -0.2) is 13.8 Å². The molecule has 216 valence electrons. The molecule has 40 heavy (non-hydrogen) atoms. The number of carbonyl (C=O) groups is 2. The van der Waals surface area contributed by atoms with E-state index in [1.807, 2.05) is 38.1 Å². The Bertz CT molecular complexity index is 1440. The molecule has 1 aliphatic rings. The van der Waals surface area contributed by atoms with Crippen molar-refractivity contribution in [1.29, 1.82) is 0 Å². The standard InChI is InChI=1S/C28H34F2N6O3.ClH/c1-4-35-16-28(29,30)14-19(35)15-33-24(38)12-17-6-8-18(9-7-17)22-11-10-20-25(39)21(13-23(37)32-3)26(31)36(5-2)27(20)34-22;/h6-11,19H,4-5,12-16,31H2,1-3H3,(H,32,37)(H,33,38);1H/t19-;/m0./s1. The van der Waals surface area contributed by atoms with E-state index in [0.717, 1.165) is 11.1 Å². The number of alkyl halides is 2. The molecule has 0 aliphatic carbocycles. The SMILES string of the molecule is CCN1CC(F)(F)C[C@H]1CNC(=O)Cc1ccc(-c2ccc3c(=O)c(CC(=O)NC)c(N)n(CC)c3n2)cc1.Cl. The molecule has 0 unspecified atom stereocenters. The summed E-state index contributed by atoms with van der Waals surface area (Å²) in [4.78, 5) is 43.9. The smallest absolute Gasteiger partial charge is 0.262 e. The van der Waals surface area contributed by atoms with E-state index in [1.165, 1.54) is 7.05 Å². The van der Waals surface area contributed by atoms with E-state index in [0.29, 0.717) is 29.8 Å². The summed E-state index contributed by atoms with van der Waals surface area (Å²) in [5.74, 6) is -3.04. The number of hydrogen-bond donors (Lipinski definition) is 3. The summed E-state index contributed by atoms with van der Waals surface area (Å²) >= 11 is 0. The van der Waals surface area contributed by atoms with Crippen LogP contribution in [0, 0.1) is 0 Å². The Morgan fingerprint density at radius 3 is 2.40 bits per heavy atom. The van der Waals surface area contributed by atoms with Crippen molar-refractivity contribution in [2.45, 2.75) is 51.6 Å². The zero-order valence-electron chi connectivity index (χ0n) is 22.8. The first-order valence-corrected chi connectivity index (χ1v) is 13.1. The molecule has 1 atom stereocenters. The minimum absolute atomic E-state index is 0. The number of aryl methyl sites for hydroxylation is 1. The highest BCUT2D eigenvalue weighted by Gasteiger charge is 2.44. The van der Waals surface area contributed by atoms with E-state index in [1.54, 1.807) is 21.6 Å². The molecule has 9 nitrogen and oxygen atoms in total. The molecule has 12 heteroatoms. The average molecular weight is 577 g/mol. The molecule has 4 rings (SSSR count). The van der Waals surface area contributed by atoms with Gasteiger partial charge in [0.2, 0.25) is 11.8 Å². The van der Waals surface area contributed by atoms with Gasteiger partial charge in [-0.3, -0.25) is 19.3 Å². The van der Waals surface area contributed by atoms with Gasteiger partial charge in [-0.2, -0.15) is 0 Å². The fourth-order valence-electron chi connectivity index (χ4n) is 5.10. The largest absolute Gasteiger partial charge is 0.385 e. The van der Waals surface area contributed by atoms with Crippen molar-refractivity contribution in [2.75, 3.05) is 32.4 Å². The van der Waals surface area contributed by atoms with Crippen molar-refractivity contribution < 1.29 is 18.4 Å². The third kappa shape index (κ3) is 6.59. The van der Waals surface area contributed by atoms with Crippen molar-refractivity contribution >= 4 is 41.1 Å². The molecule has 0 radical (unpaired) electrons. The van der Waals surface area contributed by atoms with Crippen molar-refractivity contribution in [3.8, 4) is 11.3 Å². The molecule has 0 bridgehead atoms. The number of nitrogens with two attached hydrogens (primary N) is 1. The van der Waals surface area contributed by atoms with E-state index in [-0.39, 0.29) is 79.4 Å². The maximum Gasteiger partial charge on any atom is 0.262 e. The Labute approximate surface area is 237 Å². The number of halogens is 3. The summed E-state index contributed by atoms with van der Waals surface area (Å²) in [6.45, 7) is 4.61. The maximum absolute atomic E-state index is 13.7. The Morgan fingerprint density at radius 1 is 1.07 bits per heavy atom. The molecule has 0 spiro atoms. The van der Waals surface area contributed by atoms with Gasteiger partial charge in [0.1, 0.15) is 11.5 Å². The predicted octanol–water partition coefficient (Wildman–Crippen LogP) is 2.76. The van der Waals surface area contributed by atoms with Crippen LogP contribution in [0.15, 0.2) is 41.2 Å². The van der Waals surface area contributed by atoms with Crippen molar-refractivity contribution in [1.82, 2.24) is 25.1 Å². The number of carbonyl (C=O) groups excluding carboxylic acids is 2. The molecule has 0 saturated carbocycles. The number of hydrogen-bond acceptors (Lipinski definition) is 6. The number of likely N-dealkylation sites (N-methyl/N-ethyl adjacent to an activating group) is 2. The third-order valence-electron chi connectivity index (χ3n) is 7.22. The van der Waals surface area contributed by atoms with Crippen LogP contribution in [0.1, 0.15) is 31.4 Å². The normalized spacial score (nSPS) is 16.5. The van der Waals surface area contributed by atoms with Crippen LogP contribution < -0.4 is 21.8 Å². The van der Waals surface area contributed by atoms with E-state index >= 15 is 0 Å². The number of nitrogens with zero attached hydrogens (tertiary/aromatic N) is 3. The monoisotopic (exact) mass is 576 g/mol. The van der Waals surface area contributed by atoms with Gasteiger partial charge in [0, 0.05) is 43.7 Å². The quantitative estimate of drug-likeness (QED) is 0.360. The second-order valence-corrected chi connectivity index (χ2v) is 9.81. The summed E-state index contributed by atoms with van der Waals surface area (Å²) in [6, 6.07) is 10.4. The van der Waals surface area contributed by atoms with Gasteiger partial charge in [-0.05, 0) is 31.2 Å². The molecule has 2 aromatic heterocycles. The lowest BCUT2D eigenvalue weighted by Crippen LogP contribution is -2.40. The van der Waals surface area contributed by atoms with Crippen LogP contribution in [-0.2, 0) is 29.0 Å². The van der Waals surface area contributed by atoms with Gasteiger partial charge >= 0.3 is 0 Å². The molecule has 1 aliphatic heterocycles. The van der Waals surface area contributed by atoms with Crippen LogP contribution in [0.4, 0.5) is 14.6 Å². The molecule has 1 aromatic carbocycles. The average Bonchev–Trinajstić information content (AvgIpc) is 3.23. The summed E-state index contributed by atoms with van der Waals surface area (Å²) in [5.41, 5.74) is 8.82. The van der Waals surface area contributed by atoms with Gasteiger partial charge in [0.25, 0.3) is 5.92 Å². The Balaban J connectivity index is 0.00000441. The number of rotatable bonds is 9. The minimum Gasteiger partial charge on any atom is -0.385 e. The summed E-state index contributed by atoms with van der Waals surface area (Å²) in [6.07, 6.45) is -0.236. The second kappa shape index (κ2) is 12.7. The van der Waals surface area contributed by atoms with Crippen molar-refractivity contribution in [3.05, 3.63) is 57.7 Å². The van der Waals surface area contributed by atoms with E-state index in [9.17, 15) is 23.2 Å². The highest BCUT2D eigenvalue weighted by molar-refractivity contribution is 5.86. The molecule has 2 amide bonds. The first-order valence-electron chi connectivity index (χ1n) is 13.1. The summed E-state index contributed by atoms with van der Waals surface area (Å²) in [7, 11) is 1.50. The minimum atomic E-state index is -2.72. The van der Waals surface area contributed by atoms with Crippen LogP contribution in [0.3, 0.4) is 0 Å². The van der Waals surface area contributed by atoms with Crippen LogP contribution in [0.5, 0.6) is 0 Å². The molecule has 1 fully saturated rings. The number of likely N-dealkylation sites (tertiary alicyclic amines) is 1. The number of aromatic nitrogens is 2. The lowest BCUT2D eigenvalue weighted by Gasteiger charge is -2.21. The van der Waals surface area contributed by atoms with Gasteiger partial charge in [-0.1, -0.05) is 31.2 Å². The molecule has 3 heterocycles. The Kier molecular flexibility index (Phi) is 9.86. The molecular formula is C28H35ClF2N6O3. The first-order chi connectivity index (χ1) is 18.6. The predicted molar refractivity (Wildman–Crippen MR) is 154 cm³/mol. The highest BCUT2D eigenvalue weighted by Crippen LogP contribution is 2.31. The fourth-order valence-corrected chi connectivity index (χ4v) is 5.10. The number of pyridine rings is 2. The first kappa shape index (κ1) is 31.0. The van der Waals surface area contributed by atoms with Crippen LogP contribution in [0.25, 0.3) is 22.3 Å². The number of amides is 2.